The number of hydrogen-bond donors (Lipinski definition) is 0. The molecule has 0 saturated carbocycles. The number of ether oxygens (including phenoxy) is 2. The monoisotopic (exact) mass is 375 g/mol. The van der Waals surface area contributed by atoms with Gasteiger partial charge in [0.15, 0.2) is 11.5 Å². The quantitative estimate of drug-likeness (QED) is 0.553. The summed E-state index contributed by atoms with van der Waals surface area (Å²) >= 11 is 0. The van der Waals surface area contributed by atoms with Gasteiger partial charge in [0.05, 0.1) is 20.9 Å². The number of carbonyl (C=O) groups is 3. The van der Waals surface area contributed by atoms with E-state index in [4.69, 9.17) is 9.47 Å². The molecule has 2 aliphatic rings. The summed E-state index contributed by atoms with van der Waals surface area (Å²) in [4.78, 5) is 41.0. The number of carbonyl (C=O) groups excluding carboxylic acids is 3. The zero-order valence-corrected chi connectivity index (χ0v) is 16.2. The number of urea groups is 1. The molecule has 0 aromatic heterocycles. The lowest BCUT2D eigenvalue weighted by molar-refractivity contribution is -0.144. The maximum atomic E-state index is 12.5. The zero-order chi connectivity index (χ0) is 19.7. The standard InChI is InChI=1S/C19H25N3O5/c1-12(2)9-21-17(23)18(24)22(19(21)25)11-20-6-5-13-7-15(26-3)16(27-4)8-14(13)10-20/h7-8,12H,5-6,9-11H2,1-4H3. The van der Waals surface area contributed by atoms with E-state index in [1.807, 2.05) is 30.9 Å². The molecule has 0 atom stereocenters. The fourth-order valence-corrected chi connectivity index (χ4v) is 3.46. The second kappa shape index (κ2) is 7.56. The Hall–Kier alpha value is -2.61. The second-order valence-corrected chi connectivity index (χ2v) is 7.25. The van der Waals surface area contributed by atoms with E-state index in [0.29, 0.717) is 24.6 Å². The van der Waals surface area contributed by atoms with E-state index in [-0.39, 0.29) is 19.1 Å². The smallest absolute Gasteiger partial charge is 0.335 e. The van der Waals surface area contributed by atoms with Gasteiger partial charge in [0.2, 0.25) is 0 Å². The first-order valence-electron chi connectivity index (χ1n) is 8.99. The van der Waals surface area contributed by atoms with Crippen LogP contribution in [0.25, 0.3) is 0 Å². The van der Waals surface area contributed by atoms with Gasteiger partial charge in [-0.05, 0) is 35.6 Å². The molecule has 146 valence electrons. The Balaban J connectivity index is 1.74. The summed E-state index contributed by atoms with van der Waals surface area (Å²) in [5, 5.41) is 0. The maximum absolute atomic E-state index is 12.5. The molecule has 8 nitrogen and oxygen atoms in total. The van der Waals surface area contributed by atoms with Gasteiger partial charge in [-0.1, -0.05) is 13.8 Å². The third kappa shape index (κ3) is 3.62. The van der Waals surface area contributed by atoms with E-state index in [1.165, 1.54) is 0 Å². The molecule has 0 N–H and O–H groups in total. The molecule has 2 heterocycles. The lowest BCUT2D eigenvalue weighted by Crippen LogP contribution is -2.44. The van der Waals surface area contributed by atoms with Gasteiger partial charge in [0.25, 0.3) is 0 Å². The Bertz CT molecular complexity index is 777. The number of rotatable bonds is 6. The third-order valence-corrected chi connectivity index (χ3v) is 4.82. The van der Waals surface area contributed by atoms with Crippen molar-refractivity contribution in [2.75, 3.05) is 34.0 Å². The Morgan fingerprint density at radius 3 is 2.15 bits per heavy atom. The highest BCUT2D eigenvalue weighted by atomic mass is 16.5. The first-order chi connectivity index (χ1) is 12.8. The maximum Gasteiger partial charge on any atom is 0.335 e. The Morgan fingerprint density at radius 1 is 0.963 bits per heavy atom. The van der Waals surface area contributed by atoms with E-state index in [9.17, 15) is 14.4 Å². The van der Waals surface area contributed by atoms with Crippen LogP contribution >= 0.6 is 0 Å². The number of benzene rings is 1. The molecule has 1 saturated heterocycles. The molecule has 2 aliphatic heterocycles. The predicted octanol–water partition coefficient (Wildman–Crippen LogP) is 1.47. The van der Waals surface area contributed by atoms with Crippen molar-refractivity contribution in [1.29, 1.82) is 0 Å². The van der Waals surface area contributed by atoms with Crippen molar-refractivity contribution in [1.82, 2.24) is 14.7 Å². The molecule has 4 amide bonds. The van der Waals surface area contributed by atoms with Gasteiger partial charge < -0.3 is 9.47 Å². The predicted molar refractivity (Wildman–Crippen MR) is 97.3 cm³/mol. The van der Waals surface area contributed by atoms with Crippen LogP contribution in [0.15, 0.2) is 12.1 Å². The van der Waals surface area contributed by atoms with Crippen LogP contribution in [0, 0.1) is 5.92 Å². The molecule has 1 aromatic carbocycles. The fourth-order valence-electron chi connectivity index (χ4n) is 3.46. The van der Waals surface area contributed by atoms with Crippen molar-refractivity contribution < 1.29 is 23.9 Å². The Labute approximate surface area is 158 Å². The molecule has 0 unspecified atom stereocenters. The minimum Gasteiger partial charge on any atom is -0.493 e. The first kappa shape index (κ1) is 19.2. The van der Waals surface area contributed by atoms with Crippen molar-refractivity contribution in [3.05, 3.63) is 23.3 Å². The van der Waals surface area contributed by atoms with Crippen LogP contribution in [0.3, 0.4) is 0 Å². The molecule has 3 rings (SSSR count). The number of hydrogen-bond acceptors (Lipinski definition) is 6. The average Bonchev–Trinajstić information content (AvgIpc) is 2.84. The highest BCUT2D eigenvalue weighted by molar-refractivity contribution is 6.44. The molecule has 8 heteroatoms. The van der Waals surface area contributed by atoms with E-state index in [0.717, 1.165) is 27.3 Å². The van der Waals surface area contributed by atoms with Crippen molar-refractivity contribution in [2.24, 2.45) is 5.92 Å². The Kier molecular flexibility index (Phi) is 5.36. The molecule has 0 aliphatic carbocycles. The summed E-state index contributed by atoms with van der Waals surface area (Å²) in [6, 6.07) is 3.35. The molecular formula is C19H25N3O5. The number of nitrogens with zero attached hydrogens (tertiary/aromatic N) is 3. The van der Waals surface area contributed by atoms with Crippen LogP contribution in [-0.2, 0) is 22.6 Å². The molecular weight excluding hydrogens is 350 g/mol. The Morgan fingerprint density at radius 2 is 1.56 bits per heavy atom. The highest BCUT2D eigenvalue weighted by Gasteiger charge is 2.45. The van der Waals surface area contributed by atoms with Crippen molar-refractivity contribution in [2.45, 2.75) is 26.8 Å². The van der Waals surface area contributed by atoms with Gasteiger partial charge in [0.1, 0.15) is 0 Å². The summed E-state index contributed by atoms with van der Waals surface area (Å²) in [7, 11) is 3.19. The SMILES string of the molecule is COc1cc2c(cc1OC)CN(CN1C(=O)C(=O)N(CC(C)C)C1=O)CC2. The van der Waals surface area contributed by atoms with Gasteiger partial charge in [0, 0.05) is 19.6 Å². The summed E-state index contributed by atoms with van der Waals surface area (Å²) in [6.45, 7) is 5.39. The van der Waals surface area contributed by atoms with Crippen molar-refractivity contribution >= 4 is 17.8 Å². The third-order valence-electron chi connectivity index (χ3n) is 4.82. The van der Waals surface area contributed by atoms with Gasteiger partial charge in [-0.15, -0.1) is 0 Å². The van der Waals surface area contributed by atoms with E-state index in [2.05, 4.69) is 0 Å². The van der Waals surface area contributed by atoms with Gasteiger partial charge in [-0.2, -0.15) is 0 Å². The number of fused-ring (bicyclic) bond motifs is 1. The number of imide groups is 2. The second-order valence-electron chi connectivity index (χ2n) is 7.25. The van der Waals surface area contributed by atoms with Crippen molar-refractivity contribution in [3.8, 4) is 11.5 Å². The van der Waals surface area contributed by atoms with E-state index < -0.39 is 17.8 Å². The van der Waals surface area contributed by atoms with Gasteiger partial charge >= 0.3 is 17.8 Å². The topological polar surface area (TPSA) is 79.4 Å². The van der Waals surface area contributed by atoms with E-state index in [1.54, 1.807) is 14.2 Å². The average molecular weight is 375 g/mol. The fraction of sp³-hybridized carbons (Fsp3) is 0.526. The van der Waals surface area contributed by atoms with Crippen molar-refractivity contribution in [3.63, 3.8) is 0 Å². The molecule has 0 bridgehead atoms. The van der Waals surface area contributed by atoms with Gasteiger partial charge in [-0.3, -0.25) is 19.4 Å². The summed E-state index contributed by atoms with van der Waals surface area (Å²) in [5.41, 5.74) is 2.21. The normalized spacial score (nSPS) is 17.7. The first-order valence-corrected chi connectivity index (χ1v) is 8.99. The van der Waals surface area contributed by atoms with Crippen LogP contribution in [0.4, 0.5) is 4.79 Å². The minimum atomic E-state index is -0.751. The lowest BCUT2D eigenvalue weighted by atomic mass is 9.99. The largest absolute Gasteiger partial charge is 0.493 e. The van der Waals surface area contributed by atoms with E-state index >= 15 is 0 Å². The van der Waals surface area contributed by atoms with Crippen LogP contribution in [0.5, 0.6) is 11.5 Å². The molecule has 27 heavy (non-hydrogen) atoms. The number of methoxy groups -OCH3 is 2. The lowest BCUT2D eigenvalue weighted by Gasteiger charge is -2.31. The van der Waals surface area contributed by atoms with Crippen LogP contribution in [-0.4, -0.2) is 66.5 Å². The number of amides is 4. The summed E-state index contributed by atoms with van der Waals surface area (Å²) < 4.78 is 10.7. The van der Waals surface area contributed by atoms with Crippen LogP contribution < -0.4 is 9.47 Å². The summed E-state index contributed by atoms with van der Waals surface area (Å²) in [6.07, 6.45) is 0.759. The van der Waals surface area contributed by atoms with Gasteiger partial charge in [-0.25, -0.2) is 9.69 Å². The van der Waals surface area contributed by atoms with Crippen LogP contribution in [0.1, 0.15) is 25.0 Å². The molecule has 0 radical (unpaired) electrons. The molecule has 0 spiro atoms. The minimum absolute atomic E-state index is 0.103. The highest BCUT2D eigenvalue weighted by Crippen LogP contribution is 2.33. The zero-order valence-electron chi connectivity index (χ0n) is 16.2. The van der Waals surface area contributed by atoms with Crippen LogP contribution in [0.2, 0.25) is 0 Å². The molecule has 1 aromatic rings. The summed E-state index contributed by atoms with van der Waals surface area (Å²) in [5.74, 6) is -0.0551. The molecule has 1 fully saturated rings.